The molecule has 0 radical (unpaired) electrons. The summed E-state index contributed by atoms with van der Waals surface area (Å²) in [6.07, 6.45) is 2.55. The van der Waals surface area contributed by atoms with Crippen molar-refractivity contribution in [2.45, 2.75) is 64.0 Å². The highest BCUT2D eigenvalue weighted by molar-refractivity contribution is 5.92. The smallest absolute Gasteiger partial charge is 0.273 e. The van der Waals surface area contributed by atoms with Gasteiger partial charge in [-0.05, 0) is 50.5 Å². The maximum absolute atomic E-state index is 13.4. The zero-order valence-electron chi connectivity index (χ0n) is 20.6. The van der Waals surface area contributed by atoms with Gasteiger partial charge in [-0.15, -0.1) is 0 Å². The fourth-order valence-corrected chi connectivity index (χ4v) is 4.28. The number of rotatable bonds is 6. The van der Waals surface area contributed by atoms with E-state index in [2.05, 4.69) is 10.6 Å². The average Bonchev–Trinajstić information content (AvgIpc) is 2.86. The monoisotopic (exact) mass is 490 g/mol. The van der Waals surface area contributed by atoms with Crippen LogP contribution in [0.5, 0.6) is 0 Å². The Morgan fingerprint density at radius 3 is 2.49 bits per heavy atom. The first-order valence-corrected chi connectivity index (χ1v) is 12.2. The molecule has 3 atom stereocenters. The second-order valence-corrected chi connectivity index (χ2v) is 8.78. The van der Waals surface area contributed by atoms with Gasteiger partial charge in [0.1, 0.15) is 12.1 Å². The van der Waals surface area contributed by atoms with Crippen molar-refractivity contribution in [1.29, 1.82) is 0 Å². The van der Waals surface area contributed by atoms with E-state index in [1.807, 2.05) is 30.3 Å². The van der Waals surface area contributed by atoms with Gasteiger partial charge < -0.3 is 20.3 Å². The van der Waals surface area contributed by atoms with Gasteiger partial charge in [0.25, 0.3) is 5.91 Å². The maximum atomic E-state index is 13.4. The number of nitrogens with one attached hydrogen (secondary N) is 3. The quantitative estimate of drug-likeness (QED) is 0.349. The van der Waals surface area contributed by atoms with E-state index in [0.717, 1.165) is 5.56 Å². The van der Waals surface area contributed by atoms with Crippen LogP contribution in [0, 0.1) is 5.92 Å². The van der Waals surface area contributed by atoms with Crippen LogP contribution in [0.25, 0.3) is 0 Å². The molecule has 4 amide bonds. The molecule has 1 aromatic rings. The van der Waals surface area contributed by atoms with E-state index >= 15 is 0 Å². The number of aryl methyl sites for hydroxylation is 1. The van der Waals surface area contributed by atoms with Crippen molar-refractivity contribution in [2.24, 2.45) is 5.92 Å². The molecule has 1 saturated heterocycles. The van der Waals surface area contributed by atoms with Crippen LogP contribution in [0.1, 0.15) is 51.0 Å². The van der Waals surface area contributed by atoms with Crippen molar-refractivity contribution in [3.63, 3.8) is 0 Å². The molecule has 194 valence electrons. The number of hydrogen-bond donors (Lipinski definition) is 4. The van der Waals surface area contributed by atoms with Crippen molar-refractivity contribution >= 4 is 23.6 Å². The van der Waals surface area contributed by atoms with Crippen molar-refractivity contribution < 1.29 is 29.1 Å². The molecule has 2 rings (SSSR count). The van der Waals surface area contributed by atoms with Crippen molar-refractivity contribution in [3.05, 3.63) is 35.9 Å². The zero-order chi connectivity index (χ0) is 25.6. The van der Waals surface area contributed by atoms with Crippen LogP contribution in [0.4, 0.5) is 0 Å². The SMILES string of the molecule is CNC(=O)C1CCCN(C(C)=O)CCCCO[C@H](C(=O)NO)C(CCCc2ccccc2)C(=O)N1. The first-order valence-electron chi connectivity index (χ1n) is 12.2. The van der Waals surface area contributed by atoms with E-state index in [1.54, 1.807) is 10.4 Å². The topological polar surface area (TPSA) is 137 Å². The third-order valence-electron chi connectivity index (χ3n) is 6.26. The van der Waals surface area contributed by atoms with Crippen molar-refractivity contribution in [2.75, 3.05) is 26.7 Å². The molecule has 1 heterocycles. The highest BCUT2D eigenvalue weighted by Crippen LogP contribution is 2.20. The van der Waals surface area contributed by atoms with E-state index in [1.165, 1.54) is 14.0 Å². The third kappa shape index (κ3) is 9.29. The lowest BCUT2D eigenvalue weighted by Crippen LogP contribution is -2.52. The van der Waals surface area contributed by atoms with Crippen LogP contribution in [-0.4, -0.2) is 72.6 Å². The van der Waals surface area contributed by atoms with Gasteiger partial charge in [0.15, 0.2) is 0 Å². The number of benzene rings is 1. The molecule has 1 aliphatic heterocycles. The van der Waals surface area contributed by atoms with Gasteiger partial charge in [-0.1, -0.05) is 30.3 Å². The molecule has 1 aromatic carbocycles. The Morgan fingerprint density at radius 2 is 1.83 bits per heavy atom. The Kier molecular flexibility index (Phi) is 12.2. The normalized spacial score (nSPS) is 22.4. The van der Waals surface area contributed by atoms with Crippen LogP contribution < -0.4 is 16.1 Å². The molecule has 2 unspecified atom stereocenters. The first-order chi connectivity index (χ1) is 16.9. The number of carbonyl (C=O) groups excluding carboxylic acids is 4. The highest BCUT2D eigenvalue weighted by atomic mass is 16.5. The number of amides is 4. The summed E-state index contributed by atoms with van der Waals surface area (Å²) in [6.45, 7) is 2.70. The minimum absolute atomic E-state index is 0.0606. The van der Waals surface area contributed by atoms with Gasteiger partial charge in [0.05, 0.1) is 5.92 Å². The van der Waals surface area contributed by atoms with Crippen molar-refractivity contribution in [1.82, 2.24) is 21.0 Å². The second-order valence-electron chi connectivity index (χ2n) is 8.78. The van der Waals surface area contributed by atoms with Crippen LogP contribution in [0.15, 0.2) is 30.3 Å². The van der Waals surface area contributed by atoms with Crippen LogP contribution in [0.3, 0.4) is 0 Å². The van der Waals surface area contributed by atoms with E-state index < -0.39 is 29.9 Å². The van der Waals surface area contributed by atoms with Crippen LogP contribution >= 0.6 is 0 Å². The lowest BCUT2D eigenvalue weighted by atomic mass is 9.92. The Balaban J connectivity index is 2.23. The summed E-state index contributed by atoms with van der Waals surface area (Å²) < 4.78 is 5.81. The first kappa shape index (κ1) is 28.3. The number of hydroxylamine groups is 1. The third-order valence-corrected chi connectivity index (χ3v) is 6.26. The minimum atomic E-state index is -1.21. The summed E-state index contributed by atoms with van der Waals surface area (Å²) in [5, 5.41) is 14.7. The molecule has 0 saturated carbocycles. The molecule has 1 aliphatic rings. The van der Waals surface area contributed by atoms with E-state index in [4.69, 9.17) is 4.74 Å². The molecule has 4 N–H and O–H groups in total. The molecule has 1 fully saturated rings. The predicted octanol–water partition coefficient (Wildman–Crippen LogP) is 1.17. The molecular formula is C25H38N4O6. The molecule has 10 nitrogen and oxygen atoms in total. The Labute approximate surface area is 206 Å². The molecular weight excluding hydrogens is 452 g/mol. The van der Waals surface area contributed by atoms with Gasteiger partial charge in [-0.3, -0.25) is 24.4 Å². The van der Waals surface area contributed by atoms with Gasteiger partial charge in [-0.2, -0.15) is 0 Å². The summed E-state index contributed by atoms with van der Waals surface area (Å²) in [7, 11) is 1.49. The summed E-state index contributed by atoms with van der Waals surface area (Å²) in [5.41, 5.74) is 2.73. The summed E-state index contributed by atoms with van der Waals surface area (Å²) >= 11 is 0. The van der Waals surface area contributed by atoms with Gasteiger partial charge in [0.2, 0.25) is 17.7 Å². The predicted molar refractivity (Wildman–Crippen MR) is 129 cm³/mol. The number of likely N-dealkylation sites (N-methyl/N-ethyl adjacent to an activating group) is 1. The number of nitrogens with zero attached hydrogens (tertiary/aromatic N) is 1. The number of ether oxygens (including phenoxy) is 1. The summed E-state index contributed by atoms with van der Waals surface area (Å²) in [4.78, 5) is 52.0. The largest absolute Gasteiger partial charge is 0.367 e. The maximum Gasteiger partial charge on any atom is 0.273 e. The lowest BCUT2D eigenvalue weighted by molar-refractivity contribution is -0.151. The summed E-state index contributed by atoms with van der Waals surface area (Å²) in [6, 6.07) is 8.98. The Bertz CT molecular complexity index is 835. The van der Waals surface area contributed by atoms with E-state index in [9.17, 15) is 24.4 Å². The molecule has 0 aromatic heterocycles. The molecule has 10 heteroatoms. The molecule has 0 aliphatic carbocycles. The summed E-state index contributed by atoms with van der Waals surface area (Å²) in [5.74, 6) is -2.60. The number of carbonyl (C=O) groups is 4. The minimum Gasteiger partial charge on any atom is -0.367 e. The average molecular weight is 491 g/mol. The fraction of sp³-hybridized carbons (Fsp3) is 0.600. The van der Waals surface area contributed by atoms with Gasteiger partial charge in [0, 0.05) is 33.7 Å². The number of hydrogen-bond acceptors (Lipinski definition) is 6. The van der Waals surface area contributed by atoms with Gasteiger partial charge >= 0.3 is 0 Å². The Hall–Kier alpha value is -2.98. The highest BCUT2D eigenvalue weighted by Gasteiger charge is 2.36. The van der Waals surface area contributed by atoms with Gasteiger partial charge in [-0.25, -0.2) is 5.48 Å². The second kappa shape index (κ2) is 15.1. The lowest BCUT2D eigenvalue weighted by Gasteiger charge is -2.28. The molecule has 0 spiro atoms. The van der Waals surface area contributed by atoms with E-state index in [-0.39, 0.29) is 18.4 Å². The Morgan fingerprint density at radius 1 is 1.11 bits per heavy atom. The molecule has 0 bridgehead atoms. The van der Waals surface area contributed by atoms with E-state index in [0.29, 0.717) is 58.0 Å². The van der Waals surface area contributed by atoms with Crippen LogP contribution in [-0.2, 0) is 30.3 Å². The van der Waals surface area contributed by atoms with Crippen LogP contribution in [0.2, 0.25) is 0 Å². The zero-order valence-corrected chi connectivity index (χ0v) is 20.6. The molecule has 35 heavy (non-hydrogen) atoms. The van der Waals surface area contributed by atoms with Crippen molar-refractivity contribution in [3.8, 4) is 0 Å². The standard InChI is InChI=1S/C25H38N4O6/c1-18(30)29-15-6-7-17-35-22(25(33)28-34)20(13-8-12-19-10-4-3-5-11-19)23(31)27-21(14-9-16-29)24(32)26-2/h3-5,10-11,20-22,34H,6-9,12-17H2,1-2H3,(H,26,32)(H,27,31)(H,28,33)/t20?,21?,22-/m0/s1. The fourth-order valence-electron chi connectivity index (χ4n) is 4.28.